The highest BCUT2D eigenvalue weighted by Gasteiger charge is 2.29. The highest BCUT2D eigenvalue weighted by molar-refractivity contribution is 7.87. The van der Waals surface area contributed by atoms with E-state index in [0.717, 1.165) is 6.29 Å². The van der Waals surface area contributed by atoms with Crippen LogP contribution in [-0.4, -0.2) is 27.4 Å². The Labute approximate surface area is 117 Å². The van der Waals surface area contributed by atoms with E-state index in [1.165, 1.54) is 4.31 Å². The normalized spacial score (nSPS) is 15.7. The molecule has 0 aromatic rings. The maximum Gasteiger partial charge on any atom is 0.140 e. The number of hydrogen-bond donors (Lipinski definition) is 0. The van der Waals surface area contributed by atoms with Gasteiger partial charge in [-0.1, -0.05) is 24.3 Å². The molecule has 102 valence electrons. The molecule has 0 aliphatic heterocycles. The monoisotopic (exact) mass is 289 g/mol. The van der Waals surface area contributed by atoms with Crippen molar-refractivity contribution < 1.29 is 9.00 Å². The van der Waals surface area contributed by atoms with Gasteiger partial charge in [0.2, 0.25) is 0 Å². The van der Waals surface area contributed by atoms with Gasteiger partial charge in [-0.3, -0.25) is 0 Å². The molecular formula is C13H20ClNO2S. The molecular weight excluding hydrogens is 270 g/mol. The van der Waals surface area contributed by atoms with Gasteiger partial charge >= 0.3 is 0 Å². The Balaban J connectivity index is 5.20. The lowest BCUT2D eigenvalue weighted by atomic mass is 10.1. The summed E-state index contributed by atoms with van der Waals surface area (Å²) in [6.07, 6.45) is 4.26. The lowest BCUT2D eigenvalue weighted by Gasteiger charge is -2.29. The first-order valence-electron chi connectivity index (χ1n) is 5.49. The van der Waals surface area contributed by atoms with Crippen LogP contribution in [0.1, 0.15) is 27.7 Å². The molecule has 3 nitrogen and oxygen atoms in total. The minimum absolute atomic E-state index is 0.399. The summed E-state index contributed by atoms with van der Waals surface area (Å²) in [4.78, 5) is 11.3. The van der Waals surface area contributed by atoms with Crippen LogP contribution >= 0.6 is 11.6 Å². The third-order valence-corrected chi connectivity index (χ3v) is 4.75. The smallest absolute Gasteiger partial charge is 0.140 e. The zero-order valence-corrected chi connectivity index (χ0v) is 13.1. The van der Waals surface area contributed by atoms with Gasteiger partial charge in [-0.15, -0.1) is 0 Å². The average Bonchev–Trinajstić information content (AvgIpc) is 2.35. The Kier molecular flexibility index (Phi) is 6.74. The minimum Gasteiger partial charge on any atom is -0.301 e. The molecule has 5 heteroatoms. The number of carbonyl (C=O) groups is 1. The maximum atomic E-state index is 12.3. The molecule has 0 heterocycles. The van der Waals surface area contributed by atoms with Gasteiger partial charge in [0.15, 0.2) is 0 Å². The van der Waals surface area contributed by atoms with Crippen LogP contribution in [0.4, 0.5) is 0 Å². The largest absolute Gasteiger partial charge is 0.301 e. The zero-order chi connectivity index (χ0) is 14.5. The second-order valence-corrected chi connectivity index (χ2v) is 6.36. The molecule has 0 N–H and O–H groups in total. The number of hydrogen-bond acceptors (Lipinski definition) is 2. The second-order valence-electron chi connectivity index (χ2n) is 4.41. The van der Waals surface area contributed by atoms with Crippen molar-refractivity contribution in [2.75, 3.05) is 7.05 Å². The van der Waals surface area contributed by atoms with Gasteiger partial charge < -0.3 is 4.79 Å². The molecule has 1 unspecified atom stereocenters. The molecule has 0 bridgehead atoms. The van der Waals surface area contributed by atoms with Crippen molar-refractivity contribution in [2.24, 2.45) is 0 Å². The van der Waals surface area contributed by atoms with Crippen molar-refractivity contribution in [1.29, 1.82) is 0 Å². The Morgan fingerprint density at radius 2 is 1.94 bits per heavy atom. The Morgan fingerprint density at radius 3 is 2.33 bits per heavy atom. The van der Waals surface area contributed by atoms with Crippen molar-refractivity contribution in [1.82, 2.24) is 4.31 Å². The van der Waals surface area contributed by atoms with Crippen LogP contribution in [-0.2, 0) is 15.8 Å². The number of allylic oxidation sites excluding steroid dienone is 4. The number of halogens is 1. The quantitative estimate of drug-likeness (QED) is 0.556. The second kappa shape index (κ2) is 7.02. The standard InChI is InChI=1S/C13H20ClNO2S/c1-7-8-12(14)10(2)11(3)18(17)15(6)13(4,5)9-16/h7-9H,3H2,1-2,4-6H3/b8-7-,12-10+. The van der Waals surface area contributed by atoms with E-state index in [2.05, 4.69) is 6.58 Å². The fourth-order valence-electron chi connectivity index (χ4n) is 0.989. The Morgan fingerprint density at radius 1 is 1.44 bits per heavy atom. The van der Waals surface area contributed by atoms with E-state index in [4.69, 9.17) is 11.6 Å². The molecule has 1 atom stereocenters. The first kappa shape index (κ1) is 17.3. The summed E-state index contributed by atoms with van der Waals surface area (Å²) >= 11 is 6.03. The van der Waals surface area contributed by atoms with Crippen molar-refractivity contribution in [3.8, 4) is 0 Å². The summed E-state index contributed by atoms with van der Waals surface area (Å²) in [6.45, 7) is 10.8. The molecule has 0 aliphatic rings. The fourth-order valence-corrected chi connectivity index (χ4v) is 2.46. The summed E-state index contributed by atoms with van der Waals surface area (Å²) in [7, 11) is 0.116. The molecule has 0 spiro atoms. The number of nitrogens with zero attached hydrogens (tertiary/aromatic N) is 1. The first-order valence-corrected chi connectivity index (χ1v) is 6.98. The first-order chi connectivity index (χ1) is 8.18. The highest BCUT2D eigenvalue weighted by atomic mass is 35.5. The maximum absolute atomic E-state index is 12.3. The number of likely N-dealkylation sites (N-methyl/N-ethyl adjacent to an activating group) is 1. The fraction of sp³-hybridized carbons (Fsp3) is 0.462. The molecule has 18 heavy (non-hydrogen) atoms. The van der Waals surface area contributed by atoms with Crippen LogP contribution in [0.5, 0.6) is 0 Å². The molecule has 0 fully saturated rings. The Bertz CT molecular complexity index is 425. The van der Waals surface area contributed by atoms with Gasteiger partial charge in [-0.05, 0) is 39.3 Å². The molecule has 0 radical (unpaired) electrons. The summed E-state index contributed by atoms with van der Waals surface area (Å²) in [5, 5.41) is 0.494. The van der Waals surface area contributed by atoms with Crippen LogP contribution in [0, 0.1) is 0 Å². The lowest BCUT2D eigenvalue weighted by molar-refractivity contribution is -0.114. The summed E-state index contributed by atoms with van der Waals surface area (Å²) in [5.41, 5.74) is -0.164. The van der Waals surface area contributed by atoms with E-state index < -0.39 is 16.5 Å². The molecule has 0 saturated carbocycles. The van der Waals surface area contributed by atoms with Crippen molar-refractivity contribution in [2.45, 2.75) is 33.2 Å². The Hall–Kier alpha value is -0.710. The third kappa shape index (κ3) is 4.19. The van der Waals surface area contributed by atoms with Crippen LogP contribution in [0.3, 0.4) is 0 Å². The predicted molar refractivity (Wildman–Crippen MR) is 78.6 cm³/mol. The van der Waals surface area contributed by atoms with Gasteiger partial charge in [0.05, 0.1) is 10.4 Å². The summed E-state index contributed by atoms with van der Waals surface area (Å²) in [6, 6.07) is 0. The van der Waals surface area contributed by atoms with Crippen LogP contribution in [0.25, 0.3) is 0 Å². The molecule has 0 saturated heterocycles. The minimum atomic E-state index is -1.50. The molecule has 0 aromatic carbocycles. The molecule has 0 aliphatic carbocycles. The van der Waals surface area contributed by atoms with Crippen molar-refractivity contribution >= 4 is 28.9 Å². The van der Waals surface area contributed by atoms with Gasteiger partial charge in [0, 0.05) is 12.1 Å². The van der Waals surface area contributed by atoms with Crippen LogP contribution in [0.15, 0.2) is 34.2 Å². The van der Waals surface area contributed by atoms with E-state index in [0.29, 0.717) is 15.5 Å². The van der Waals surface area contributed by atoms with Crippen molar-refractivity contribution in [3.63, 3.8) is 0 Å². The summed E-state index contributed by atoms with van der Waals surface area (Å²) in [5.74, 6) is 0. The highest BCUT2D eigenvalue weighted by Crippen LogP contribution is 2.24. The number of aldehydes is 1. The van der Waals surface area contributed by atoms with E-state index in [9.17, 15) is 9.00 Å². The molecule has 0 amide bonds. The van der Waals surface area contributed by atoms with E-state index in [-0.39, 0.29) is 0 Å². The average molecular weight is 290 g/mol. The topological polar surface area (TPSA) is 37.4 Å². The van der Waals surface area contributed by atoms with E-state index in [1.54, 1.807) is 40.0 Å². The van der Waals surface area contributed by atoms with Crippen LogP contribution < -0.4 is 0 Å². The molecule has 0 aromatic heterocycles. The lowest BCUT2D eigenvalue weighted by Crippen LogP contribution is -2.43. The predicted octanol–water partition coefficient (Wildman–Crippen LogP) is 3.16. The van der Waals surface area contributed by atoms with Gasteiger partial charge in [-0.2, -0.15) is 0 Å². The molecule has 0 rings (SSSR count). The van der Waals surface area contributed by atoms with Gasteiger partial charge in [-0.25, -0.2) is 8.51 Å². The van der Waals surface area contributed by atoms with Crippen molar-refractivity contribution in [3.05, 3.63) is 34.2 Å². The third-order valence-electron chi connectivity index (χ3n) is 2.65. The van der Waals surface area contributed by atoms with Crippen LogP contribution in [0.2, 0.25) is 0 Å². The van der Waals surface area contributed by atoms with Gasteiger partial charge in [0.1, 0.15) is 17.3 Å². The van der Waals surface area contributed by atoms with E-state index >= 15 is 0 Å². The number of carbonyl (C=O) groups excluding carboxylic acids is 1. The summed E-state index contributed by atoms with van der Waals surface area (Å²) < 4.78 is 13.7. The number of rotatable bonds is 6. The SMILES string of the molecule is C=C(/C(C)=C(Cl)\C=C/C)S(=O)N(C)C(C)(C)C=O. The van der Waals surface area contributed by atoms with E-state index in [1.807, 2.05) is 6.92 Å². The van der Waals surface area contributed by atoms with Gasteiger partial charge in [0.25, 0.3) is 0 Å². The zero-order valence-electron chi connectivity index (χ0n) is 11.5.